The summed E-state index contributed by atoms with van der Waals surface area (Å²) in [4.78, 5) is 0. The number of benzene rings is 1. The third kappa shape index (κ3) is 10.4. The number of hydrogen-bond donors (Lipinski definition) is 2. The second kappa shape index (κ2) is 12.6. The minimum absolute atomic E-state index is 0.115. The maximum Gasteiger partial charge on any atom is 0.119 e. The highest BCUT2D eigenvalue weighted by Gasteiger charge is 1.96. The van der Waals surface area contributed by atoms with Gasteiger partial charge >= 0.3 is 0 Å². The Labute approximate surface area is 140 Å². The lowest BCUT2D eigenvalue weighted by Crippen LogP contribution is -1.81. The molecule has 0 saturated heterocycles. The number of hydrogen-bond acceptors (Lipinski definition) is 2. The summed E-state index contributed by atoms with van der Waals surface area (Å²) in [6, 6.07) is 4.72. The van der Waals surface area contributed by atoms with Gasteiger partial charge < -0.3 is 10.2 Å². The number of phenols is 2. The number of aromatic hydroxyl groups is 2. The van der Waals surface area contributed by atoms with Crippen LogP contribution in [0.4, 0.5) is 0 Å². The largest absolute Gasteiger partial charge is 0.508 e. The molecule has 0 aliphatic heterocycles. The van der Waals surface area contributed by atoms with Crippen molar-refractivity contribution < 1.29 is 10.2 Å². The van der Waals surface area contributed by atoms with E-state index in [9.17, 15) is 10.2 Å². The smallest absolute Gasteiger partial charge is 0.119 e. The first-order valence-electron chi connectivity index (χ1n) is 8.69. The molecule has 23 heavy (non-hydrogen) atoms. The van der Waals surface area contributed by atoms with Gasteiger partial charge in [0, 0.05) is 6.07 Å². The molecule has 126 valence electrons. The molecule has 0 aliphatic rings. The van der Waals surface area contributed by atoms with Crippen LogP contribution in [-0.4, -0.2) is 10.2 Å². The lowest BCUT2D eigenvalue weighted by atomic mass is 10.1. The summed E-state index contributed by atoms with van der Waals surface area (Å²) in [5.41, 5.74) is 0.929. The molecule has 0 aromatic heterocycles. The third-order valence-electron chi connectivity index (χ3n) is 3.53. The summed E-state index contributed by atoms with van der Waals surface area (Å²) in [5.74, 6) is 0.231. The Morgan fingerprint density at radius 2 is 1.30 bits per heavy atom. The van der Waals surface area contributed by atoms with Crippen LogP contribution in [0, 0.1) is 0 Å². The Kier molecular flexibility index (Phi) is 10.4. The van der Waals surface area contributed by atoms with Crippen LogP contribution in [0.3, 0.4) is 0 Å². The molecular weight excluding hydrogens is 284 g/mol. The minimum Gasteiger partial charge on any atom is -0.508 e. The quantitative estimate of drug-likeness (QED) is 0.385. The van der Waals surface area contributed by atoms with Crippen LogP contribution >= 0.6 is 0 Å². The van der Waals surface area contributed by atoms with Gasteiger partial charge in [-0.3, -0.25) is 0 Å². The first kappa shape index (κ1) is 19.1. The van der Waals surface area contributed by atoms with E-state index in [1.54, 1.807) is 12.1 Å². The van der Waals surface area contributed by atoms with Gasteiger partial charge in [-0.25, -0.2) is 0 Å². The fourth-order valence-corrected chi connectivity index (χ4v) is 2.31. The van der Waals surface area contributed by atoms with Crippen LogP contribution in [0.1, 0.15) is 57.4 Å². The average molecular weight is 314 g/mol. The van der Waals surface area contributed by atoms with Crippen LogP contribution in [0.2, 0.25) is 0 Å². The average Bonchev–Trinajstić information content (AvgIpc) is 2.51. The topological polar surface area (TPSA) is 40.5 Å². The van der Waals surface area contributed by atoms with Gasteiger partial charge in [0.2, 0.25) is 0 Å². The number of rotatable bonds is 11. The van der Waals surface area contributed by atoms with Gasteiger partial charge in [-0.05, 0) is 62.6 Å². The van der Waals surface area contributed by atoms with E-state index in [4.69, 9.17) is 0 Å². The SMILES string of the molecule is CCC/C=C\C/C=C\CCCC/C=C\Cc1cc(O)cc(O)c1. The van der Waals surface area contributed by atoms with Crippen molar-refractivity contribution in [1.29, 1.82) is 0 Å². The maximum absolute atomic E-state index is 9.40. The summed E-state index contributed by atoms with van der Waals surface area (Å²) in [6.07, 6.45) is 22.1. The Hall–Kier alpha value is -1.96. The molecule has 2 heteroatoms. The van der Waals surface area contributed by atoms with Gasteiger partial charge in [-0.15, -0.1) is 0 Å². The van der Waals surface area contributed by atoms with Crippen LogP contribution in [0.15, 0.2) is 54.7 Å². The van der Waals surface area contributed by atoms with Crippen molar-refractivity contribution in [1.82, 2.24) is 0 Å². The van der Waals surface area contributed by atoms with E-state index in [1.807, 2.05) is 0 Å². The molecule has 0 bridgehead atoms. The first-order valence-corrected chi connectivity index (χ1v) is 8.69. The van der Waals surface area contributed by atoms with Crippen molar-refractivity contribution in [3.05, 3.63) is 60.2 Å². The standard InChI is InChI=1S/C21H30O2/c1-2-3-4-5-6-7-8-9-10-11-12-13-14-15-19-16-20(22)18-21(23)17-19/h4-5,7-8,13-14,16-18,22-23H,2-3,6,9-12,15H2,1H3/b5-4-,8-7-,14-13-. The zero-order chi connectivity index (χ0) is 16.8. The molecule has 1 rings (SSSR count). The van der Waals surface area contributed by atoms with E-state index >= 15 is 0 Å². The van der Waals surface area contributed by atoms with Gasteiger partial charge in [0.25, 0.3) is 0 Å². The third-order valence-corrected chi connectivity index (χ3v) is 3.53. The van der Waals surface area contributed by atoms with Crippen LogP contribution in [-0.2, 0) is 6.42 Å². The molecule has 0 spiro atoms. The second-order valence-corrected chi connectivity index (χ2v) is 5.78. The minimum atomic E-state index is 0.115. The van der Waals surface area contributed by atoms with Gasteiger partial charge in [0.15, 0.2) is 0 Å². The highest BCUT2D eigenvalue weighted by molar-refractivity contribution is 5.37. The van der Waals surface area contributed by atoms with Crippen molar-refractivity contribution in [2.45, 2.75) is 58.3 Å². The van der Waals surface area contributed by atoms with Gasteiger partial charge in [0.1, 0.15) is 11.5 Å². The summed E-state index contributed by atoms with van der Waals surface area (Å²) in [6.45, 7) is 2.20. The summed E-state index contributed by atoms with van der Waals surface area (Å²) in [5, 5.41) is 18.8. The number of phenolic OH excluding ortho intramolecular Hbond substituents is 2. The molecule has 1 aromatic carbocycles. The van der Waals surface area contributed by atoms with Crippen LogP contribution in [0.25, 0.3) is 0 Å². The molecular formula is C21H30O2. The molecule has 0 unspecified atom stereocenters. The van der Waals surface area contributed by atoms with Gasteiger partial charge in [-0.1, -0.05) is 49.8 Å². The molecule has 0 atom stereocenters. The predicted octanol–water partition coefficient (Wildman–Crippen LogP) is 6.06. The number of unbranched alkanes of at least 4 members (excludes halogenated alkanes) is 4. The Balaban J connectivity index is 2.05. The van der Waals surface area contributed by atoms with E-state index in [-0.39, 0.29) is 11.5 Å². The molecule has 0 radical (unpaired) electrons. The highest BCUT2D eigenvalue weighted by atomic mass is 16.3. The van der Waals surface area contributed by atoms with Crippen molar-refractivity contribution >= 4 is 0 Å². The van der Waals surface area contributed by atoms with E-state index < -0.39 is 0 Å². The van der Waals surface area contributed by atoms with Gasteiger partial charge in [-0.2, -0.15) is 0 Å². The number of allylic oxidation sites excluding steroid dienone is 6. The zero-order valence-electron chi connectivity index (χ0n) is 14.2. The molecule has 1 aromatic rings. The lowest BCUT2D eigenvalue weighted by molar-refractivity contribution is 0.449. The fourth-order valence-electron chi connectivity index (χ4n) is 2.31. The molecule has 2 nitrogen and oxygen atoms in total. The zero-order valence-corrected chi connectivity index (χ0v) is 14.2. The normalized spacial score (nSPS) is 12.0. The molecule has 0 fully saturated rings. The maximum atomic E-state index is 9.40. The molecule has 0 aliphatic carbocycles. The molecule has 0 saturated carbocycles. The Morgan fingerprint density at radius 1 is 0.739 bits per heavy atom. The van der Waals surface area contributed by atoms with Crippen molar-refractivity contribution in [2.24, 2.45) is 0 Å². The summed E-state index contributed by atoms with van der Waals surface area (Å²) in [7, 11) is 0. The van der Waals surface area contributed by atoms with E-state index in [1.165, 1.54) is 31.7 Å². The van der Waals surface area contributed by atoms with Crippen LogP contribution in [0.5, 0.6) is 11.5 Å². The molecule has 0 heterocycles. The van der Waals surface area contributed by atoms with E-state index in [0.717, 1.165) is 31.2 Å². The molecule has 0 amide bonds. The lowest BCUT2D eigenvalue weighted by Gasteiger charge is -2.00. The molecule has 2 N–H and O–H groups in total. The second-order valence-electron chi connectivity index (χ2n) is 5.78. The van der Waals surface area contributed by atoms with Crippen molar-refractivity contribution in [3.8, 4) is 11.5 Å². The highest BCUT2D eigenvalue weighted by Crippen LogP contribution is 2.20. The first-order chi connectivity index (χ1) is 11.2. The van der Waals surface area contributed by atoms with Crippen molar-refractivity contribution in [2.75, 3.05) is 0 Å². The monoisotopic (exact) mass is 314 g/mol. The van der Waals surface area contributed by atoms with Crippen molar-refractivity contribution in [3.63, 3.8) is 0 Å². The Bertz CT molecular complexity index is 492. The predicted molar refractivity (Wildman–Crippen MR) is 98.9 cm³/mol. The van der Waals surface area contributed by atoms with Gasteiger partial charge in [0.05, 0.1) is 0 Å². The summed E-state index contributed by atoms with van der Waals surface area (Å²) >= 11 is 0. The van der Waals surface area contributed by atoms with Crippen LogP contribution < -0.4 is 0 Å². The van der Waals surface area contributed by atoms with E-state index in [0.29, 0.717) is 0 Å². The van der Waals surface area contributed by atoms with E-state index in [2.05, 4.69) is 43.4 Å². The Morgan fingerprint density at radius 3 is 1.91 bits per heavy atom. The summed E-state index contributed by atoms with van der Waals surface area (Å²) < 4.78 is 0. The fraction of sp³-hybridized carbons (Fsp3) is 0.429.